The Kier molecular flexibility index (Phi) is 6.05. The smallest absolute Gasteiger partial charge is 0.237 e. The van der Waals surface area contributed by atoms with E-state index in [9.17, 15) is 4.79 Å². The van der Waals surface area contributed by atoms with Crippen LogP contribution in [-0.2, 0) is 9.53 Å². The highest BCUT2D eigenvalue weighted by Crippen LogP contribution is 2.16. The number of nitrogens with one attached hydrogen (secondary N) is 1. The van der Waals surface area contributed by atoms with Crippen LogP contribution in [0.1, 0.15) is 27.2 Å². The average Bonchev–Trinajstić information content (AvgIpc) is 2.33. The van der Waals surface area contributed by atoms with Gasteiger partial charge in [0.25, 0.3) is 0 Å². The van der Waals surface area contributed by atoms with Gasteiger partial charge in [-0.1, -0.05) is 20.8 Å². The fourth-order valence-corrected chi connectivity index (χ4v) is 1.84. The molecule has 0 aromatic carbocycles. The first-order chi connectivity index (χ1) is 8.41. The molecule has 1 atom stereocenters. The number of hydrogen-bond donors (Lipinski definition) is 2. The van der Waals surface area contributed by atoms with Gasteiger partial charge in [-0.05, 0) is 18.4 Å². The van der Waals surface area contributed by atoms with Gasteiger partial charge in [-0.15, -0.1) is 0 Å². The Morgan fingerprint density at radius 3 is 2.56 bits per heavy atom. The van der Waals surface area contributed by atoms with E-state index in [1.54, 1.807) is 0 Å². The highest BCUT2D eigenvalue weighted by Gasteiger charge is 2.26. The van der Waals surface area contributed by atoms with Gasteiger partial charge in [0.1, 0.15) is 0 Å². The van der Waals surface area contributed by atoms with Crippen molar-refractivity contribution in [2.75, 3.05) is 39.4 Å². The Hall–Kier alpha value is -0.650. The lowest BCUT2D eigenvalue weighted by Crippen LogP contribution is -2.49. The highest BCUT2D eigenvalue weighted by atomic mass is 16.5. The zero-order valence-electron chi connectivity index (χ0n) is 11.9. The molecule has 18 heavy (non-hydrogen) atoms. The largest absolute Gasteiger partial charge is 0.379 e. The van der Waals surface area contributed by atoms with Crippen molar-refractivity contribution in [3.8, 4) is 0 Å². The summed E-state index contributed by atoms with van der Waals surface area (Å²) in [7, 11) is 0. The summed E-state index contributed by atoms with van der Waals surface area (Å²) in [5.41, 5.74) is 5.69. The molecule has 1 fully saturated rings. The number of carbonyl (C=O) groups excluding carboxylic acids is 1. The Morgan fingerprint density at radius 1 is 1.39 bits per heavy atom. The minimum atomic E-state index is -0.444. The molecule has 0 aliphatic carbocycles. The number of ether oxygens (including phenoxy) is 1. The summed E-state index contributed by atoms with van der Waals surface area (Å²) in [6, 6.07) is -0.444. The van der Waals surface area contributed by atoms with E-state index in [0.717, 1.165) is 39.3 Å². The summed E-state index contributed by atoms with van der Waals surface area (Å²) in [5, 5.41) is 2.91. The fraction of sp³-hybridized carbons (Fsp3) is 0.923. The SMILES string of the molecule is CC(C)(C)[C@H](N)C(=O)NCCCN1CCOCC1. The van der Waals surface area contributed by atoms with Crippen molar-refractivity contribution < 1.29 is 9.53 Å². The lowest BCUT2D eigenvalue weighted by molar-refractivity contribution is -0.124. The second-order valence-electron chi connectivity index (χ2n) is 5.94. The number of hydrogen-bond acceptors (Lipinski definition) is 4. The molecule has 1 aliphatic rings. The van der Waals surface area contributed by atoms with Gasteiger partial charge in [0.05, 0.1) is 19.3 Å². The Morgan fingerprint density at radius 2 is 2.00 bits per heavy atom. The third-order valence-electron chi connectivity index (χ3n) is 3.27. The van der Waals surface area contributed by atoms with E-state index in [2.05, 4.69) is 10.2 Å². The molecule has 0 spiro atoms. The maximum atomic E-state index is 11.8. The number of morpholine rings is 1. The normalized spacial score (nSPS) is 19.6. The second kappa shape index (κ2) is 7.07. The molecule has 1 amide bonds. The number of rotatable bonds is 5. The zero-order valence-corrected chi connectivity index (χ0v) is 11.9. The molecule has 3 N–H and O–H groups in total. The van der Waals surface area contributed by atoms with Crippen LogP contribution in [0.5, 0.6) is 0 Å². The molecule has 1 aliphatic heterocycles. The molecule has 0 bridgehead atoms. The summed E-state index contributed by atoms with van der Waals surface area (Å²) in [6.07, 6.45) is 0.961. The molecule has 1 saturated heterocycles. The first kappa shape index (κ1) is 15.4. The molecule has 1 rings (SSSR count). The summed E-state index contributed by atoms with van der Waals surface area (Å²) in [6.45, 7) is 11.3. The van der Waals surface area contributed by atoms with Crippen molar-refractivity contribution in [1.82, 2.24) is 10.2 Å². The lowest BCUT2D eigenvalue weighted by Gasteiger charge is -2.27. The van der Waals surface area contributed by atoms with Crippen molar-refractivity contribution in [2.45, 2.75) is 33.2 Å². The maximum absolute atomic E-state index is 11.8. The van der Waals surface area contributed by atoms with Crippen LogP contribution < -0.4 is 11.1 Å². The number of nitrogens with zero attached hydrogens (tertiary/aromatic N) is 1. The third kappa shape index (κ3) is 5.33. The standard InChI is InChI=1S/C13H27N3O2/c1-13(2,3)11(14)12(17)15-5-4-6-16-7-9-18-10-8-16/h11H,4-10,14H2,1-3H3,(H,15,17)/t11-/m1/s1. The Labute approximate surface area is 110 Å². The van der Waals surface area contributed by atoms with Gasteiger partial charge < -0.3 is 15.8 Å². The van der Waals surface area contributed by atoms with Gasteiger partial charge in [0, 0.05) is 19.6 Å². The van der Waals surface area contributed by atoms with Crippen molar-refractivity contribution in [2.24, 2.45) is 11.1 Å². The van der Waals surface area contributed by atoms with Gasteiger partial charge in [-0.25, -0.2) is 0 Å². The van der Waals surface area contributed by atoms with Crippen molar-refractivity contribution in [3.05, 3.63) is 0 Å². The number of carbonyl (C=O) groups is 1. The van der Waals surface area contributed by atoms with Crippen LogP contribution in [0.2, 0.25) is 0 Å². The number of nitrogens with two attached hydrogens (primary N) is 1. The predicted molar refractivity (Wildman–Crippen MR) is 72.3 cm³/mol. The van der Waals surface area contributed by atoms with Crippen molar-refractivity contribution in [1.29, 1.82) is 0 Å². The molecule has 0 aromatic heterocycles. The minimum absolute atomic E-state index is 0.0514. The van der Waals surface area contributed by atoms with Gasteiger partial charge >= 0.3 is 0 Å². The molecule has 0 aromatic rings. The average molecular weight is 257 g/mol. The molecular formula is C13H27N3O2. The molecule has 5 heteroatoms. The van der Waals surface area contributed by atoms with E-state index in [1.165, 1.54) is 0 Å². The summed E-state index contributed by atoms with van der Waals surface area (Å²) >= 11 is 0. The molecular weight excluding hydrogens is 230 g/mol. The van der Waals surface area contributed by atoms with Crippen LogP contribution in [0.15, 0.2) is 0 Å². The summed E-state index contributed by atoms with van der Waals surface area (Å²) < 4.78 is 5.29. The molecule has 0 radical (unpaired) electrons. The molecule has 0 saturated carbocycles. The second-order valence-corrected chi connectivity index (χ2v) is 5.94. The molecule has 5 nitrogen and oxygen atoms in total. The van der Waals surface area contributed by atoms with E-state index in [4.69, 9.17) is 10.5 Å². The first-order valence-electron chi connectivity index (χ1n) is 6.74. The first-order valence-corrected chi connectivity index (χ1v) is 6.74. The van der Waals surface area contributed by atoms with Crippen LogP contribution in [0, 0.1) is 5.41 Å². The van der Waals surface area contributed by atoms with E-state index in [1.807, 2.05) is 20.8 Å². The fourth-order valence-electron chi connectivity index (χ4n) is 1.84. The Balaban J connectivity index is 2.11. The summed E-state index contributed by atoms with van der Waals surface area (Å²) in [4.78, 5) is 14.1. The zero-order chi connectivity index (χ0) is 13.6. The molecule has 1 heterocycles. The van der Waals surface area contributed by atoms with Gasteiger partial charge in [-0.3, -0.25) is 9.69 Å². The van der Waals surface area contributed by atoms with Crippen LogP contribution >= 0.6 is 0 Å². The van der Waals surface area contributed by atoms with Crippen LogP contribution in [0.3, 0.4) is 0 Å². The van der Waals surface area contributed by atoms with Gasteiger partial charge in [0.2, 0.25) is 5.91 Å². The van der Waals surface area contributed by atoms with Gasteiger partial charge in [0.15, 0.2) is 0 Å². The predicted octanol–water partition coefficient (Wildman–Crippen LogP) is 0.198. The van der Waals surface area contributed by atoms with E-state index < -0.39 is 6.04 Å². The minimum Gasteiger partial charge on any atom is -0.379 e. The third-order valence-corrected chi connectivity index (χ3v) is 3.27. The molecule has 106 valence electrons. The molecule has 0 unspecified atom stereocenters. The van der Waals surface area contributed by atoms with Gasteiger partial charge in [-0.2, -0.15) is 0 Å². The maximum Gasteiger partial charge on any atom is 0.237 e. The number of amides is 1. The monoisotopic (exact) mass is 257 g/mol. The van der Waals surface area contributed by atoms with E-state index >= 15 is 0 Å². The quantitative estimate of drug-likeness (QED) is 0.690. The topological polar surface area (TPSA) is 67.6 Å². The van der Waals surface area contributed by atoms with E-state index in [0.29, 0.717) is 6.54 Å². The van der Waals surface area contributed by atoms with Crippen LogP contribution in [-0.4, -0.2) is 56.2 Å². The highest BCUT2D eigenvalue weighted by molar-refractivity contribution is 5.82. The van der Waals surface area contributed by atoms with E-state index in [-0.39, 0.29) is 11.3 Å². The van der Waals surface area contributed by atoms with Crippen LogP contribution in [0.25, 0.3) is 0 Å². The van der Waals surface area contributed by atoms with Crippen molar-refractivity contribution in [3.63, 3.8) is 0 Å². The van der Waals surface area contributed by atoms with Crippen molar-refractivity contribution >= 4 is 5.91 Å². The van der Waals surface area contributed by atoms with Crippen LogP contribution in [0.4, 0.5) is 0 Å². The summed E-state index contributed by atoms with van der Waals surface area (Å²) in [5.74, 6) is -0.0514. The lowest BCUT2D eigenvalue weighted by atomic mass is 9.87. The Bertz CT molecular complexity index is 257.